The van der Waals surface area contributed by atoms with Crippen molar-refractivity contribution in [1.82, 2.24) is 14.4 Å². The van der Waals surface area contributed by atoms with Gasteiger partial charge in [-0.2, -0.15) is 0 Å². The first-order chi connectivity index (χ1) is 18.8. The minimum atomic E-state index is 0.766. The molecular formula is C34H21N3O. The molecule has 0 aliphatic heterocycles. The van der Waals surface area contributed by atoms with Crippen LogP contribution in [0.2, 0.25) is 0 Å². The van der Waals surface area contributed by atoms with Gasteiger partial charge in [0, 0.05) is 27.9 Å². The molecule has 4 heteroatoms. The van der Waals surface area contributed by atoms with Crippen LogP contribution in [0.25, 0.3) is 60.4 Å². The van der Waals surface area contributed by atoms with Crippen molar-refractivity contribution < 1.29 is 4.74 Å². The van der Waals surface area contributed by atoms with E-state index in [9.17, 15) is 0 Å². The zero-order chi connectivity index (χ0) is 25.1. The Kier molecular flexibility index (Phi) is 4.49. The Morgan fingerprint density at radius 2 is 1.34 bits per heavy atom. The third kappa shape index (κ3) is 3.24. The number of fused-ring (bicyclic) bond motifs is 9. The highest BCUT2D eigenvalue weighted by Gasteiger charge is 2.14. The van der Waals surface area contributed by atoms with Gasteiger partial charge in [-0.05, 0) is 65.4 Å². The van der Waals surface area contributed by atoms with Gasteiger partial charge in [-0.1, -0.05) is 66.7 Å². The van der Waals surface area contributed by atoms with Crippen molar-refractivity contribution in [3.05, 3.63) is 128 Å². The summed E-state index contributed by atoms with van der Waals surface area (Å²) in [5.41, 5.74) is 6.09. The summed E-state index contributed by atoms with van der Waals surface area (Å²) in [6, 6.07) is 41.6. The van der Waals surface area contributed by atoms with Gasteiger partial charge in [0.1, 0.15) is 17.1 Å². The van der Waals surface area contributed by atoms with E-state index in [1.165, 1.54) is 10.8 Å². The summed E-state index contributed by atoms with van der Waals surface area (Å²) in [6.07, 6.45) is 1.92. The monoisotopic (exact) mass is 487 g/mol. The van der Waals surface area contributed by atoms with Crippen molar-refractivity contribution in [2.24, 2.45) is 0 Å². The number of para-hydroxylation sites is 3. The number of rotatable bonds is 3. The van der Waals surface area contributed by atoms with E-state index in [1.54, 1.807) is 0 Å². The van der Waals surface area contributed by atoms with E-state index in [-0.39, 0.29) is 0 Å². The molecule has 178 valence electrons. The number of pyridine rings is 2. The Hall–Kier alpha value is -5.22. The molecule has 0 N–H and O–H groups in total. The minimum Gasteiger partial charge on any atom is -0.457 e. The van der Waals surface area contributed by atoms with Gasteiger partial charge < -0.3 is 4.74 Å². The highest BCUT2D eigenvalue weighted by molar-refractivity contribution is 6.14. The molecule has 3 heterocycles. The van der Waals surface area contributed by atoms with E-state index in [0.29, 0.717) is 0 Å². The number of hydrogen-bond acceptors (Lipinski definition) is 3. The van der Waals surface area contributed by atoms with E-state index in [4.69, 9.17) is 9.72 Å². The fraction of sp³-hybridized carbons (Fsp3) is 0. The zero-order valence-electron chi connectivity index (χ0n) is 20.4. The Morgan fingerprint density at radius 3 is 2.29 bits per heavy atom. The van der Waals surface area contributed by atoms with Crippen LogP contribution in [0.5, 0.6) is 11.5 Å². The SMILES string of the molecule is c1cc(Oc2ccc3c4ccccc4n4c5ccccc5nc4c3c2)cc(-c2cc3ccccc3cn2)c1. The van der Waals surface area contributed by atoms with Gasteiger partial charge in [-0.25, -0.2) is 4.98 Å². The van der Waals surface area contributed by atoms with Crippen LogP contribution in [0.4, 0.5) is 0 Å². The van der Waals surface area contributed by atoms with Crippen LogP contribution in [0.1, 0.15) is 0 Å². The van der Waals surface area contributed by atoms with Gasteiger partial charge in [0.15, 0.2) is 0 Å². The molecule has 0 saturated heterocycles. The number of ether oxygens (including phenoxy) is 1. The number of imidazole rings is 1. The van der Waals surface area contributed by atoms with Crippen molar-refractivity contribution in [2.75, 3.05) is 0 Å². The van der Waals surface area contributed by atoms with Gasteiger partial charge in [0.25, 0.3) is 0 Å². The standard InChI is InChI=1S/C34H21N3O/c1-2-9-24-21-35-31(19-22(24)8-1)23-10-7-11-25(18-23)38-26-16-17-27-28-12-3-5-14-32(28)37-33-15-6-4-13-30(33)36-34(37)29(27)20-26/h1-21H. The second kappa shape index (κ2) is 8.15. The lowest BCUT2D eigenvalue weighted by molar-refractivity contribution is 0.483. The molecule has 0 spiro atoms. The smallest absolute Gasteiger partial charge is 0.146 e. The molecule has 0 aliphatic rings. The maximum Gasteiger partial charge on any atom is 0.146 e. The van der Waals surface area contributed by atoms with Crippen molar-refractivity contribution >= 4 is 49.1 Å². The Bertz CT molecular complexity index is 2180. The van der Waals surface area contributed by atoms with Gasteiger partial charge in [0.05, 0.1) is 22.2 Å². The molecule has 0 fully saturated rings. The third-order valence-corrected chi connectivity index (χ3v) is 7.22. The molecule has 8 aromatic rings. The second-order valence-corrected chi connectivity index (χ2v) is 9.53. The van der Waals surface area contributed by atoms with E-state index in [0.717, 1.165) is 61.1 Å². The van der Waals surface area contributed by atoms with Crippen LogP contribution in [0, 0.1) is 0 Å². The molecule has 4 nitrogen and oxygen atoms in total. The number of aromatic nitrogens is 3. The van der Waals surface area contributed by atoms with Gasteiger partial charge in [-0.15, -0.1) is 0 Å². The fourth-order valence-corrected chi connectivity index (χ4v) is 5.45. The molecule has 0 unspecified atom stereocenters. The maximum absolute atomic E-state index is 6.41. The lowest BCUT2D eigenvalue weighted by atomic mass is 10.1. The predicted molar refractivity (Wildman–Crippen MR) is 155 cm³/mol. The average Bonchev–Trinajstić information content (AvgIpc) is 3.37. The molecule has 0 aliphatic carbocycles. The molecule has 0 bridgehead atoms. The van der Waals surface area contributed by atoms with Crippen molar-refractivity contribution in [3.63, 3.8) is 0 Å². The molecule has 8 rings (SSSR count). The van der Waals surface area contributed by atoms with E-state index in [1.807, 2.05) is 42.6 Å². The Balaban J connectivity index is 1.26. The van der Waals surface area contributed by atoms with E-state index < -0.39 is 0 Å². The predicted octanol–water partition coefficient (Wildman–Crippen LogP) is 8.80. The molecule has 0 atom stereocenters. The molecule has 0 saturated carbocycles. The highest BCUT2D eigenvalue weighted by atomic mass is 16.5. The van der Waals surface area contributed by atoms with Crippen LogP contribution in [0.3, 0.4) is 0 Å². The zero-order valence-corrected chi connectivity index (χ0v) is 20.4. The van der Waals surface area contributed by atoms with Gasteiger partial charge in [-0.3, -0.25) is 9.38 Å². The number of benzene rings is 5. The largest absolute Gasteiger partial charge is 0.457 e. The molecule has 0 radical (unpaired) electrons. The van der Waals surface area contributed by atoms with Crippen molar-refractivity contribution in [3.8, 4) is 22.8 Å². The number of hydrogen-bond donors (Lipinski definition) is 0. The first-order valence-electron chi connectivity index (χ1n) is 12.7. The van der Waals surface area contributed by atoms with Crippen LogP contribution >= 0.6 is 0 Å². The summed E-state index contributed by atoms with van der Waals surface area (Å²) < 4.78 is 8.66. The Labute approximate surface area is 218 Å². The molecule has 5 aromatic carbocycles. The summed E-state index contributed by atoms with van der Waals surface area (Å²) in [6.45, 7) is 0. The molecular weight excluding hydrogens is 466 g/mol. The van der Waals surface area contributed by atoms with Crippen LogP contribution in [0.15, 0.2) is 128 Å². The summed E-state index contributed by atoms with van der Waals surface area (Å²) in [4.78, 5) is 9.70. The lowest BCUT2D eigenvalue weighted by Gasteiger charge is -2.12. The lowest BCUT2D eigenvalue weighted by Crippen LogP contribution is -1.92. The van der Waals surface area contributed by atoms with Crippen molar-refractivity contribution in [1.29, 1.82) is 0 Å². The molecule has 38 heavy (non-hydrogen) atoms. The quantitative estimate of drug-likeness (QED) is 0.234. The summed E-state index contributed by atoms with van der Waals surface area (Å²) >= 11 is 0. The molecule has 0 amide bonds. The van der Waals surface area contributed by atoms with E-state index >= 15 is 0 Å². The van der Waals surface area contributed by atoms with Gasteiger partial charge in [0.2, 0.25) is 0 Å². The summed E-state index contributed by atoms with van der Waals surface area (Å²) in [7, 11) is 0. The van der Waals surface area contributed by atoms with Crippen LogP contribution < -0.4 is 4.74 Å². The van der Waals surface area contributed by atoms with Crippen molar-refractivity contribution in [2.45, 2.75) is 0 Å². The topological polar surface area (TPSA) is 39.4 Å². The van der Waals surface area contributed by atoms with E-state index in [2.05, 4.69) is 94.3 Å². The van der Waals surface area contributed by atoms with Crippen LogP contribution in [-0.4, -0.2) is 14.4 Å². The highest BCUT2D eigenvalue weighted by Crippen LogP contribution is 2.36. The first-order valence-corrected chi connectivity index (χ1v) is 12.7. The average molecular weight is 488 g/mol. The summed E-state index contributed by atoms with van der Waals surface area (Å²) in [5.74, 6) is 1.53. The fourth-order valence-electron chi connectivity index (χ4n) is 5.45. The minimum absolute atomic E-state index is 0.766. The second-order valence-electron chi connectivity index (χ2n) is 9.53. The number of nitrogens with zero attached hydrogens (tertiary/aromatic N) is 3. The Morgan fingerprint density at radius 1 is 0.553 bits per heavy atom. The van der Waals surface area contributed by atoms with Crippen LogP contribution in [-0.2, 0) is 0 Å². The van der Waals surface area contributed by atoms with Gasteiger partial charge >= 0.3 is 0 Å². The third-order valence-electron chi connectivity index (χ3n) is 7.22. The summed E-state index contributed by atoms with van der Waals surface area (Å²) in [5, 5.41) is 5.70. The molecule has 3 aromatic heterocycles. The normalized spacial score (nSPS) is 11.7. The maximum atomic E-state index is 6.41. The first kappa shape index (κ1) is 20.9.